The van der Waals surface area contributed by atoms with Crippen LogP contribution in [0, 0.1) is 17.2 Å². The molecule has 0 aromatic carbocycles. The molecule has 0 rings (SSSR count). The highest BCUT2D eigenvalue weighted by Crippen LogP contribution is 2.13. The molecule has 0 bridgehead atoms. The van der Waals surface area contributed by atoms with Gasteiger partial charge in [-0.3, -0.25) is 0 Å². The minimum Gasteiger partial charge on any atom is -0.303 e. The highest BCUT2D eigenvalue weighted by atomic mass is 19.1. The zero-order valence-corrected chi connectivity index (χ0v) is 8.74. The maximum absolute atomic E-state index is 13.1. The molecule has 0 amide bonds. The third-order valence-electron chi connectivity index (χ3n) is 1.84. The Hall–Kier alpha value is -1.69. The first-order valence-corrected chi connectivity index (χ1v) is 4.69. The van der Waals surface area contributed by atoms with Gasteiger partial charge in [-0.05, 0) is 18.9 Å². The van der Waals surface area contributed by atoms with Gasteiger partial charge in [-0.15, -0.1) is 0 Å². The number of hydrogen-bond acceptors (Lipinski definition) is 2. The summed E-state index contributed by atoms with van der Waals surface area (Å²) in [4.78, 5) is 10.3. The molecule has 0 spiro atoms. The molecule has 0 aromatic heterocycles. The number of nitriles is 1. The number of carbonyl (C=O) groups excluding carboxylic acids is 1. The van der Waals surface area contributed by atoms with Crippen molar-refractivity contribution in [3.8, 4) is 6.07 Å². The molecule has 1 atom stereocenters. The summed E-state index contributed by atoms with van der Waals surface area (Å²) in [5.41, 5.74) is -0.00648. The Morgan fingerprint density at radius 2 is 2.33 bits per heavy atom. The molecular formula is C12H14FNO. The fourth-order valence-corrected chi connectivity index (χ4v) is 0.948. The minimum absolute atomic E-state index is 0.00648. The van der Waals surface area contributed by atoms with Crippen LogP contribution in [0.2, 0.25) is 0 Å². The van der Waals surface area contributed by atoms with E-state index >= 15 is 0 Å². The number of hydrogen-bond donors (Lipinski definition) is 0. The Labute approximate surface area is 89.4 Å². The Morgan fingerprint density at radius 1 is 1.67 bits per heavy atom. The van der Waals surface area contributed by atoms with Crippen molar-refractivity contribution in [2.75, 3.05) is 0 Å². The number of nitrogens with zero attached hydrogens (tertiary/aromatic N) is 1. The quantitative estimate of drug-likeness (QED) is 0.381. The van der Waals surface area contributed by atoms with Gasteiger partial charge in [-0.25, -0.2) is 4.39 Å². The second kappa shape index (κ2) is 7.69. The molecule has 3 heteroatoms. The summed E-state index contributed by atoms with van der Waals surface area (Å²) in [7, 11) is 0. The highest BCUT2D eigenvalue weighted by Gasteiger charge is 2.03. The van der Waals surface area contributed by atoms with Gasteiger partial charge in [0.2, 0.25) is 0 Å². The van der Waals surface area contributed by atoms with Crippen LogP contribution in [-0.4, -0.2) is 6.29 Å². The van der Waals surface area contributed by atoms with Gasteiger partial charge in [0, 0.05) is 5.92 Å². The van der Waals surface area contributed by atoms with Crippen molar-refractivity contribution in [3.05, 3.63) is 36.2 Å². The monoisotopic (exact) mass is 207 g/mol. The predicted molar refractivity (Wildman–Crippen MR) is 57.5 cm³/mol. The lowest BCUT2D eigenvalue weighted by molar-refractivity contribution is -0.110. The van der Waals surface area contributed by atoms with Gasteiger partial charge in [0.1, 0.15) is 18.2 Å². The van der Waals surface area contributed by atoms with Gasteiger partial charge in [0.25, 0.3) is 0 Å². The van der Waals surface area contributed by atoms with E-state index in [1.807, 2.05) is 0 Å². The minimum atomic E-state index is -0.591. The molecule has 0 fully saturated rings. The highest BCUT2D eigenvalue weighted by molar-refractivity contribution is 5.52. The van der Waals surface area contributed by atoms with Crippen LogP contribution in [0.15, 0.2) is 36.2 Å². The third kappa shape index (κ3) is 5.58. The molecule has 0 saturated carbocycles. The van der Waals surface area contributed by atoms with Gasteiger partial charge in [-0.2, -0.15) is 5.26 Å². The number of aldehydes is 1. The Bertz CT molecular complexity index is 323. The molecule has 0 N–H and O–H groups in total. The predicted octanol–water partition coefficient (Wildman–Crippen LogP) is 3.09. The summed E-state index contributed by atoms with van der Waals surface area (Å²) >= 11 is 0. The summed E-state index contributed by atoms with van der Waals surface area (Å²) in [6.45, 7) is 5.12. The fourth-order valence-electron chi connectivity index (χ4n) is 0.948. The van der Waals surface area contributed by atoms with E-state index in [1.54, 1.807) is 13.0 Å². The number of allylic oxidation sites excluding steroid dienone is 5. The molecule has 0 aliphatic rings. The SMILES string of the molecule is C=C/C=C(F)\C(C#N)=C\CCC(C)C=O. The number of carbonyl (C=O) groups is 1. The molecule has 0 aromatic rings. The first kappa shape index (κ1) is 13.3. The van der Waals surface area contributed by atoms with Crippen LogP contribution in [0.25, 0.3) is 0 Å². The maximum atomic E-state index is 13.1. The summed E-state index contributed by atoms with van der Waals surface area (Å²) in [6.07, 6.45) is 5.90. The lowest BCUT2D eigenvalue weighted by Crippen LogP contribution is -1.94. The largest absolute Gasteiger partial charge is 0.303 e. The molecule has 1 unspecified atom stereocenters. The van der Waals surface area contributed by atoms with Crippen molar-refractivity contribution >= 4 is 6.29 Å². The molecular weight excluding hydrogens is 193 g/mol. The summed E-state index contributed by atoms with van der Waals surface area (Å²) in [6, 6.07) is 1.76. The second-order valence-electron chi connectivity index (χ2n) is 3.17. The lowest BCUT2D eigenvalue weighted by Gasteiger charge is -1.99. The molecule has 15 heavy (non-hydrogen) atoms. The van der Waals surface area contributed by atoms with Crippen molar-refractivity contribution in [3.63, 3.8) is 0 Å². The average Bonchev–Trinajstić information content (AvgIpc) is 2.24. The normalized spacial score (nSPS) is 14.2. The van der Waals surface area contributed by atoms with Crippen LogP contribution < -0.4 is 0 Å². The molecule has 0 heterocycles. The van der Waals surface area contributed by atoms with Crippen LogP contribution in [0.5, 0.6) is 0 Å². The van der Waals surface area contributed by atoms with Crippen molar-refractivity contribution < 1.29 is 9.18 Å². The Balaban J connectivity index is 4.37. The standard InChI is InChI=1S/C12H14FNO/c1-3-5-12(13)11(8-14)7-4-6-10(2)9-15/h3,5,7,9-10H,1,4,6H2,2H3/b11-7+,12-5+. The Kier molecular flexibility index (Phi) is 6.82. The van der Waals surface area contributed by atoms with Gasteiger partial charge in [-0.1, -0.05) is 25.7 Å². The van der Waals surface area contributed by atoms with Crippen molar-refractivity contribution in [2.24, 2.45) is 5.92 Å². The van der Waals surface area contributed by atoms with Gasteiger partial charge >= 0.3 is 0 Å². The number of halogens is 1. The van der Waals surface area contributed by atoms with Gasteiger partial charge in [0.05, 0.1) is 5.57 Å². The zero-order valence-electron chi connectivity index (χ0n) is 8.74. The molecule has 0 radical (unpaired) electrons. The first-order chi connectivity index (χ1) is 7.15. The lowest BCUT2D eigenvalue weighted by atomic mass is 10.1. The molecule has 2 nitrogen and oxygen atoms in total. The van der Waals surface area contributed by atoms with E-state index < -0.39 is 5.83 Å². The van der Waals surface area contributed by atoms with Gasteiger partial charge in [0.15, 0.2) is 0 Å². The van der Waals surface area contributed by atoms with Crippen LogP contribution in [-0.2, 0) is 4.79 Å². The maximum Gasteiger partial charge on any atom is 0.140 e. The molecule has 0 aliphatic carbocycles. The number of rotatable bonds is 6. The van der Waals surface area contributed by atoms with Crippen molar-refractivity contribution in [1.82, 2.24) is 0 Å². The Morgan fingerprint density at radius 3 is 2.80 bits per heavy atom. The molecule has 80 valence electrons. The average molecular weight is 207 g/mol. The van der Waals surface area contributed by atoms with E-state index in [1.165, 1.54) is 12.2 Å². The van der Waals surface area contributed by atoms with E-state index in [2.05, 4.69) is 6.58 Å². The molecule has 0 saturated heterocycles. The topological polar surface area (TPSA) is 40.9 Å². The van der Waals surface area contributed by atoms with Crippen LogP contribution in [0.4, 0.5) is 4.39 Å². The first-order valence-electron chi connectivity index (χ1n) is 4.69. The van der Waals surface area contributed by atoms with E-state index in [0.29, 0.717) is 12.8 Å². The van der Waals surface area contributed by atoms with E-state index in [4.69, 9.17) is 5.26 Å². The van der Waals surface area contributed by atoms with Crippen molar-refractivity contribution in [1.29, 1.82) is 5.26 Å². The fraction of sp³-hybridized carbons (Fsp3) is 0.333. The van der Waals surface area contributed by atoms with E-state index in [-0.39, 0.29) is 11.5 Å². The summed E-state index contributed by atoms with van der Waals surface area (Å²) < 4.78 is 13.1. The summed E-state index contributed by atoms with van der Waals surface area (Å²) in [5.74, 6) is -0.654. The zero-order chi connectivity index (χ0) is 11.7. The van der Waals surface area contributed by atoms with Gasteiger partial charge < -0.3 is 4.79 Å². The van der Waals surface area contributed by atoms with Crippen molar-refractivity contribution in [2.45, 2.75) is 19.8 Å². The van der Waals surface area contributed by atoms with Crippen LogP contribution in [0.1, 0.15) is 19.8 Å². The van der Waals surface area contributed by atoms with Crippen LogP contribution in [0.3, 0.4) is 0 Å². The summed E-state index contributed by atoms with van der Waals surface area (Å²) in [5, 5.41) is 8.64. The smallest absolute Gasteiger partial charge is 0.140 e. The van der Waals surface area contributed by atoms with Crippen LogP contribution >= 0.6 is 0 Å². The molecule has 0 aliphatic heterocycles. The van der Waals surface area contributed by atoms with E-state index in [0.717, 1.165) is 12.4 Å². The second-order valence-corrected chi connectivity index (χ2v) is 3.17. The third-order valence-corrected chi connectivity index (χ3v) is 1.84. The van der Waals surface area contributed by atoms with E-state index in [9.17, 15) is 9.18 Å².